The van der Waals surface area contributed by atoms with Crippen LogP contribution >= 0.6 is 0 Å². The first-order valence-electron chi connectivity index (χ1n) is 10.5. The van der Waals surface area contributed by atoms with Gasteiger partial charge in [0.1, 0.15) is 0 Å². The van der Waals surface area contributed by atoms with Crippen LogP contribution < -0.4 is 10.1 Å². The summed E-state index contributed by atoms with van der Waals surface area (Å²) >= 11 is 0. The lowest BCUT2D eigenvalue weighted by Crippen LogP contribution is -2.22. The van der Waals surface area contributed by atoms with E-state index >= 15 is 0 Å². The zero-order chi connectivity index (χ0) is 21.5. The molecule has 0 aliphatic carbocycles. The maximum absolute atomic E-state index is 12.6. The number of amides is 1. The third-order valence-electron chi connectivity index (χ3n) is 5.23. The molecule has 1 atom stereocenters. The van der Waals surface area contributed by atoms with Crippen molar-refractivity contribution in [3.8, 4) is 23.1 Å². The average molecular weight is 407 g/mol. The summed E-state index contributed by atoms with van der Waals surface area (Å²) in [6.45, 7) is 6.26. The van der Waals surface area contributed by atoms with Gasteiger partial charge in [0.2, 0.25) is 5.91 Å². The van der Waals surface area contributed by atoms with Gasteiger partial charge in [-0.1, -0.05) is 56.5 Å². The van der Waals surface area contributed by atoms with Crippen molar-refractivity contribution < 1.29 is 9.53 Å². The zero-order valence-corrected chi connectivity index (χ0v) is 18.2. The van der Waals surface area contributed by atoms with E-state index in [-0.39, 0.29) is 11.8 Å². The number of aryl methyl sites for hydroxylation is 1. The third-order valence-corrected chi connectivity index (χ3v) is 5.23. The molecule has 0 radical (unpaired) electrons. The van der Waals surface area contributed by atoms with Crippen LogP contribution in [-0.4, -0.2) is 27.8 Å². The van der Waals surface area contributed by atoms with Gasteiger partial charge in [0.15, 0.2) is 5.82 Å². The molecule has 30 heavy (non-hydrogen) atoms. The molecule has 6 nitrogen and oxygen atoms in total. The lowest BCUT2D eigenvalue weighted by molar-refractivity contribution is -0.120. The topological polar surface area (TPSA) is 69.0 Å². The molecule has 0 saturated heterocycles. The van der Waals surface area contributed by atoms with Crippen LogP contribution in [0.4, 0.5) is 5.69 Å². The zero-order valence-electron chi connectivity index (χ0n) is 18.2. The van der Waals surface area contributed by atoms with Crippen molar-refractivity contribution in [2.75, 3.05) is 12.4 Å². The summed E-state index contributed by atoms with van der Waals surface area (Å²) < 4.78 is 7.00. The van der Waals surface area contributed by atoms with Crippen molar-refractivity contribution in [3.63, 3.8) is 0 Å². The van der Waals surface area contributed by atoms with E-state index in [9.17, 15) is 4.79 Å². The summed E-state index contributed by atoms with van der Waals surface area (Å²) in [4.78, 5) is 17.1. The normalized spacial score (nSPS) is 11.9. The maximum atomic E-state index is 12.6. The van der Waals surface area contributed by atoms with E-state index in [0.29, 0.717) is 11.8 Å². The minimum Gasteiger partial charge on any atom is -0.466 e. The van der Waals surface area contributed by atoms with Crippen LogP contribution in [0.15, 0.2) is 48.5 Å². The van der Waals surface area contributed by atoms with Crippen LogP contribution in [0.3, 0.4) is 0 Å². The number of benzene rings is 2. The van der Waals surface area contributed by atoms with Crippen LogP contribution in [0.2, 0.25) is 0 Å². The van der Waals surface area contributed by atoms with Gasteiger partial charge in [-0.3, -0.25) is 4.79 Å². The lowest BCUT2D eigenvalue weighted by atomic mass is 9.98. The first-order valence-corrected chi connectivity index (χ1v) is 10.5. The van der Waals surface area contributed by atoms with Crippen LogP contribution in [0.25, 0.3) is 17.1 Å². The monoisotopic (exact) mass is 406 g/mol. The summed E-state index contributed by atoms with van der Waals surface area (Å²) in [5.74, 6) is 0.841. The summed E-state index contributed by atoms with van der Waals surface area (Å²) in [6.07, 6.45) is 3.95. The van der Waals surface area contributed by atoms with Gasteiger partial charge in [0.25, 0.3) is 0 Å². The Morgan fingerprint density at radius 3 is 2.40 bits per heavy atom. The number of ether oxygens (including phenoxy) is 1. The van der Waals surface area contributed by atoms with Crippen LogP contribution in [0.1, 0.15) is 45.1 Å². The van der Waals surface area contributed by atoms with Crippen molar-refractivity contribution in [1.29, 1.82) is 0 Å². The largest absolute Gasteiger partial charge is 0.466 e. The van der Waals surface area contributed by atoms with Crippen LogP contribution in [-0.2, 0) is 4.79 Å². The number of aromatic nitrogens is 3. The molecule has 0 spiro atoms. The molecular formula is C24H30N4O2. The van der Waals surface area contributed by atoms with E-state index in [2.05, 4.69) is 29.2 Å². The number of anilines is 1. The molecular weight excluding hydrogens is 376 g/mol. The highest BCUT2D eigenvalue weighted by Crippen LogP contribution is 2.25. The van der Waals surface area contributed by atoms with E-state index in [1.807, 2.05) is 55.5 Å². The number of nitrogens with zero attached hydrogens (tertiary/aromatic N) is 3. The van der Waals surface area contributed by atoms with E-state index in [4.69, 9.17) is 4.74 Å². The molecule has 1 heterocycles. The molecule has 2 aromatic carbocycles. The van der Waals surface area contributed by atoms with Gasteiger partial charge in [0.05, 0.1) is 12.8 Å². The van der Waals surface area contributed by atoms with Crippen molar-refractivity contribution in [2.45, 2.75) is 46.5 Å². The van der Waals surface area contributed by atoms with Crippen molar-refractivity contribution in [1.82, 2.24) is 14.8 Å². The Kier molecular flexibility index (Phi) is 7.22. The number of methoxy groups -OCH3 is 1. The fraction of sp³-hybridized carbons (Fsp3) is 0.375. The van der Waals surface area contributed by atoms with Gasteiger partial charge < -0.3 is 10.1 Å². The Bertz CT molecular complexity index is 962. The lowest BCUT2D eigenvalue weighted by Gasteiger charge is -2.15. The minimum absolute atomic E-state index is 0.0531. The minimum atomic E-state index is 0.0531. The molecule has 6 heteroatoms. The number of hydrogen-bond acceptors (Lipinski definition) is 4. The number of hydrogen-bond donors (Lipinski definition) is 1. The Balaban J connectivity index is 1.82. The molecule has 158 valence electrons. The summed E-state index contributed by atoms with van der Waals surface area (Å²) in [5.41, 5.74) is 3.76. The summed E-state index contributed by atoms with van der Waals surface area (Å²) in [5, 5.41) is 7.50. The third kappa shape index (κ3) is 5.06. The second-order valence-corrected chi connectivity index (χ2v) is 7.48. The molecule has 3 rings (SSSR count). The first-order chi connectivity index (χ1) is 14.5. The predicted octanol–water partition coefficient (Wildman–Crippen LogP) is 5.41. The van der Waals surface area contributed by atoms with Crippen molar-refractivity contribution >= 4 is 11.6 Å². The fourth-order valence-corrected chi connectivity index (χ4v) is 3.35. The van der Waals surface area contributed by atoms with Crippen molar-refractivity contribution in [2.24, 2.45) is 5.92 Å². The predicted molar refractivity (Wildman–Crippen MR) is 120 cm³/mol. The molecule has 1 aromatic heterocycles. The number of rotatable bonds is 9. The van der Waals surface area contributed by atoms with Gasteiger partial charge in [-0.05, 0) is 44.0 Å². The van der Waals surface area contributed by atoms with Gasteiger partial charge in [0, 0.05) is 17.2 Å². The van der Waals surface area contributed by atoms with Gasteiger partial charge in [-0.25, -0.2) is 4.68 Å². The number of carbonyl (C=O) groups excluding carboxylic acids is 1. The van der Waals surface area contributed by atoms with Crippen LogP contribution in [0, 0.1) is 12.8 Å². The number of nitrogens with one attached hydrogen (secondary N) is 1. The molecule has 0 unspecified atom stereocenters. The van der Waals surface area contributed by atoms with E-state index in [1.165, 1.54) is 5.56 Å². The standard InChI is InChI=1S/C24H30N4O2/c1-5-7-8-18(6-2)23(29)25-20-13-15-21(16-14-20)28-22(26-24(27-28)30-4)19-11-9-17(3)10-12-19/h9-16,18H,5-8H2,1-4H3,(H,25,29)/t18-/m1/s1. The highest BCUT2D eigenvalue weighted by atomic mass is 16.5. The molecule has 0 fully saturated rings. The van der Waals surface area contributed by atoms with E-state index in [0.717, 1.165) is 42.6 Å². The van der Waals surface area contributed by atoms with Crippen molar-refractivity contribution in [3.05, 3.63) is 54.1 Å². The quantitative estimate of drug-likeness (QED) is 0.516. The summed E-state index contributed by atoms with van der Waals surface area (Å²) in [7, 11) is 1.56. The highest BCUT2D eigenvalue weighted by molar-refractivity contribution is 5.92. The van der Waals surface area contributed by atoms with Crippen LogP contribution in [0.5, 0.6) is 6.01 Å². The van der Waals surface area contributed by atoms with E-state index < -0.39 is 0 Å². The highest BCUT2D eigenvalue weighted by Gasteiger charge is 2.17. The van der Waals surface area contributed by atoms with Gasteiger partial charge in [-0.2, -0.15) is 4.98 Å². The fourth-order valence-electron chi connectivity index (χ4n) is 3.35. The molecule has 1 N–H and O–H groups in total. The molecule has 0 saturated carbocycles. The molecule has 0 aliphatic rings. The molecule has 0 aliphatic heterocycles. The Morgan fingerprint density at radius 2 is 1.80 bits per heavy atom. The second kappa shape index (κ2) is 10.1. The first kappa shape index (κ1) is 21.6. The smallest absolute Gasteiger partial charge is 0.336 e. The SMILES string of the molecule is CCCC[C@@H](CC)C(=O)Nc1ccc(-n2nc(OC)nc2-c2ccc(C)cc2)cc1. The number of carbonyl (C=O) groups is 1. The van der Waals surface area contributed by atoms with Gasteiger partial charge in [-0.15, -0.1) is 5.10 Å². The molecule has 0 bridgehead atoms. The number of unbranched alkanes of at least 4 members (excludes halogenated alkanes) is 1. The Labute approximate surface area is 178 Å². The molecule has 3 aromatic rings. The Morgan fingerprint density at radius 1 is 1.10 bits per heavy atom. The maximum Gasteiger partial charge on any atom is 0.336 e. The molecule has 1 amide bonds. The average Bonchev–Trinajstić information content (AvgIpc) is 3.20. The Hall–Kier alpha value is -3.15. The van der Waals surface area contributed by atoms with Gasteiger partial charge >= 0.3 is 6.01 Å². The van der Waals surface area contributed by atoms with E-state index in [1.54, 1.807) is 11.8 Å². The second-order valence-electron chi connectivity index (χ2n) is 7.48. The summed E-state index contributed by atoms with van der Waals surface area (Å²) in [6, 6.07) is 16.1.